The summed E-state index contributed by atoms with van der Waals surface area (Å²) in [7, 11) is 9.93. The highest BCUT2D eigenvalue weighted by Gasteiger charge is 2.43. The normalized spacial score (nSPS) is 15.6. The molecule has 3 aromatic carbocycles. The van der Waals surface area contributed by atoms with Crippen molar-refractivity contribution in [2.75, 3.05) is 61.3 Å². The highest BCUT2D eigenvalue weighted by Crippen LogP contribution is 2.39. The van der Waals surface area contributed by atoms with Crippen LogP contribution in [0.2, 0.25) is 15.1 Å². The lowest BCUT2D eigenvalue weighted by atomic mass is 9.82. The number of aromatic amines is 1. The third kappa shape index (κ3) is 17.9. The molecule has 0 unspecified atom stereocenters. The minimum absolute atomic E-state index is 0.0378. The molecule has 8 N–H and O–H groups in total. The molecule has 6 aromatic rings. The molecular weight excluding hydrogens is 1130 g/mol. The Morgan fingerprint density at radius 2 is 0.987 bits per heavy atom. The topological polar surface area (TPSA) is 257 Å². The molecule has 8 rings (SSSR count). The summed E-state index contributed by atoms with van der Waals surface area (Å²) in [5.41, 5.74) is 5.44. The van der Waals surface area contributed by atoms with Crippen LogP contribution in [0.4, 0.5) is 17.6 Å². The Kier molecular flexibility index (Phi) is 23.0. The van der Waals surface area contributed by atoms with Crippen molar-refractivity contribution in [3.8, 4) is 0 Å². The zero-order valence-corrected chi connectivity index (χ0v) is 47.2. The smallest absolute Gasteiger partial charge is 0.337 e. The highest BCUT2D eigenvalue weighted by atomic mass is 35.5. The number of aliphatic hydroxyl groups is 2. The maximum atomic E-state index is 13.3. The van der Waals surface area contributed by atoms with Gasteiger partial charge in [-0.2, -0.15) is 0 Å². The standard InChI is InChI=1S/C20H24ClF2N3O3.C13H13ClN2O3.C9H6ClNO2.C7H13F2NO.C4H8ClNO/c1-25(2)16(27)11-26-10-13(17-14(21)4-3-5-15(17)26)18(28)24-12-19(29)6-8-20(22,23)9-7-19;1-15(2)11(17)7-16-6-8(13(18)19)12-9(14)4-3-5-10(12)16;10-6-2-1-3-7-8(6)5(4-11-7)9(12)13;8-7(9)3-1-6(11,5-10)2-4-7;1-6(2)4(7)3-5/h3-5,10,29H,6-9,11-12H2,1-2H3,(H,24,28);3-6H,7H2,1-2H3,(H,18,19);1-4,11H,(H,12,13);11H,1-5,10H2;3H2,1-2H3. The van der Waals surface area contributed by atoms with E-state index in [2.05, 4.69) is 10.3 Å². The van der Waals surface area contributed by atoms with Crippen molar-refractivity contribution in [2.24, 2.45) is 5.73 Å². The van der Waals surface area contributed by atoms with Gasteiger partial charge in [0, 0.05) is 121 Å². The number of nitrogens with zero attached hydrogens (tertiary/aromatic N) is 5. The number of carboxylic acids is 2. The number of aromatic nitrogens is 3. The predicted molar refractivity (Wildman–Crippen MR) is 296 cm³/mol. The van der Waals surface area contributed by atoms with Gasteiger partial charge in [0.2, 0.25) is 29.6 Å². The van der Waals surface area contributed by atoms with Gasteiger partial charge in [-0.05, 0) is 62.1 Å². The molecule has 2 saturated carbocycles. The number of likely N-dealkylation sites (N-methyl/N-ethyl adjacent to an activating group) is 2. The Labute approximate surface area is 472 Å². The number of carbonyl (C=O) groups excluding carboxylic acids is 4. The first-order valence-corrected chi connectivity index (χ1v) is 26.1. The van der Waals surface area contributed by atoms with Crippen LogP contribution in [0.25, 0.3) is 32.7 Å². The van der Waals surface area contributed by atoms with Crippen LogP contribution in [0.1, 0.15) is 82.4 Å². The fourth-order valence-electron chi connectivity index (χ4n) is 8.10. The van der Waals surface area contributed by atoms with Gasteiger partial charge in [0.1, 0.15) is 19.0 Å². The lowest BCUT2D eigenvalue weighted by molar-refractivity contribution is -0.130. The minimum Gasteiger partial charge on any atom is -0.478 e. The highest BCUT2D eigenvalue weighted by molar-refractivity contribution is 6.38. The SMILES string of the molecule is CN(C)C(=O)CCl.CN(C)C(=O)Cn1cc(C(=O)NCC2(O)CCC(F)(F)CC2)c2c(Cl)cccc21.CN(C)C(=O)Cn1cc(C(=O)O)c2c(Cl)cccc21.NCC1(O)CCC(F)(F)CC1.O=C(O)c1c[nH]c2cccc(Cl)c12. The van der Waals surface area contributed by atoms with E-state index in [9.17, 15) is 61.6 Å². The van der Waals surface area contributed by atoms with E-state index in [4.69, 9.17) is 57.2 Å². The molecule has 0 radical (unpaired) electrons. The molecule has 0 aliphatic heterocycles. The molecule has 79 heavy (non-hydrogen) atoms. The van der Waals surface area contributed by atoms with Gasteiger partial charge in [0.15, 0.2) is 0 Å². The van der Waals surface area contributed by atoms with Crippen molar-refractivity contribution >= 4 is 115 Å². The summed E-state index contributed by atoms with van der Waals surface area (Å²) in [5, 5.41) is 43.3. The first-order valence-electron chi connectivity index (χ1n) is 24.4. The number of carbonyl (C=O) groups is 6. The van der Waals surface area contributed by atoms with Gasteiger partial charge in [-0.15, -0.1) is 11.6 Å². The van der Waals surface area contributed by atoms with E-state index in [0.29, 0.717) is 42.3 Å². The third-order valence-electron chi connectivity index (χ3n) is 13.1. The molecular formula is C53H64Cl4F4N8O10. The number of benzene rings is 3. The van der Waals surface area contributed by atoms with Crippen molar-refractivity contribution in [1.29, 1.82) is 0 Å². The van der Waals surface area contributed by atoms with Crippen molar-refractivity contribution in [1.82, 2.24) is 34.1 Å². The van der Waals surface area contributed by atoms with Gasteiger partial charge in [-0.1, -0.05) is 53.0 Å². The molecule has 2 aliphatic carbocycles. The summed E-state index contributed by atoms with van der Waals surface area (Å²) >= 11 is 23.4. The predicted octanol–water partition coefficient (Wildman–Crippen LogP) is 8.85. The van der Waals surface area contributed by atoms with E-state index in [-0.39, 0.29) is 105 Å². The van der Waals surface area contributed by atoms with Crippen LogP contribution >= 0.6 is 46.4 Å². The first kappa shape index (κ1) is 65.4. The van der Waals surface area contributed by atoms with Crippen LogP contribution in [-0.4, -0.2) is 169 Å². The molecule has 18 nitrogen and oxygen atoms in total. The number of rotatable bonds is 11. The van der Waals surface area contributed by atoms with E-state index < -0.39 is 53.7 Å². The number of carboxylic acid groups (broad SMARTS) is 2. The molecule has 2 aliphatic rings. The largest absolute Gasteiger partial charge is 0.478 e. The number of nitrogens with one attached hydrogen (secondary N) is 2. The monoisotopic (exact) mass is 1190 g/mol. The minimum atomic E-state index is -2.77. The molecule has 26 heteroatoms. The van der Waals surface area contributed by atoms with Crippen molar-refractivity contribution < 1.29 is 66.8 Å². The lowest BCUT2D eigenvalue weighted by Crippen LogP contribution is -2.47. The average Bonchev–Trinajstić information content (AvgIpc) is 4.15. The first-order chi connectivity index (χ1) is 36.8. The Hall–Kier alpha value is -6.14. The molecule has 3 aromatic heterocycles. The van der Waals surface area contributed by atoms with E-state index in [0.717, 1.165) is 5.52 Å². The zero-order chi connectivity index (χ0) is 59.4. The molecule has 0 atom stereocenters. The van der Waals surface area contributed by atoms with Gasteiger partial charge in [0.25, 0.3) is 5.91 Å². The summed E-state index contributed by atoms with van der Waals surface area (Å²) in [6.07, 6.45) is 3.23. The third-order valence-corrected chi connectivity index (χ3v) is 14.2. The maximum absolute atomic E-state index is 13.3. The lowest BCUT2D eigenvalue weighted by Gasteiger charge is -2.35. The van der Waals surface area contributed by atoms with Crippen LogP contribution in [0.3, 0.4) is 0 Å². The maximum Gasteiger partial charge on any atom is 0.337 e. The Morgan fingerprint density at radius 3 is 1.38 bits per heavy atom. The average molecular weight is 1190 g/mol. The van der Waals surface area contributed by atoms with Crippen molar-refractivity contribution in [3.63, 3.8) is 0 Å². The fourth-order valence-corrected chi connectivity index (χ4v) is 9.16. The fraction of sp³-hybridized carbons (Fsp3) is 0.434. The molecule has 0 spiro atoms. The molecule has 3 heterocycles. The second-order valence-corrected chi connectivity index (χ2v) is 21.1. The van der Waals surface area contributed by atoms with E-state index in [1.165, 1.54) is 27.1 Å². The Balaban J connectivity index is 0.000000231. The van der Waals surface area contributed by atoms with E-state index in [1.807, 2.05) is 0 Å². The van der Waals surface area contributed by atoms with Crippen molar-refractivity contribution in [3.05, 3.63) is 105 Å². The van der Waals surface area contributed by atoms with Crippen molar-refractivity contribution in [2.45, 2.75) is 87.5 Å². The number of hydrogen-bond donors (Lipinski definition) is 7. The second kappa shape index (κ2) is 27.8. The van der Waals surface area contributed by atoms with Crippen LogP contribution < -0.4 is 11.1 Å². The summed E-state index contributed by atoms with van der Waals surface area (Å²) in [6.45, 7) is 0.0754. The Morgan fingerprint density at radius 1 is 0.595 bits per heavy atom. The summed E-state index contributed by atoms with van der Waals surface area (Å²) in [5.74, 6) is -8.11. The number of nitrogens with two attached hydrogens (primary N) is 1. The molecule has 0 bridgehead atoms. The van der Waals surface area contributed by atoms with Crippen LogP contribution in [0.15, 0.2) is 73.2 Å². The number of H-pyrrole nitrogens is 1. The number of aromatic carboxylic acids is 2. The van der Waals surface area contributed by atoms with Gasteiger partial charge in [-0.25, -0.2) is 27.2 Å². The zero-order valence-electron chi connectivity index (χ0n) is 44.2. The number of alkyl halides is 5. The molecule has 4 amide bonds. The van der Waals surface area contributed by atoms with E-state index in [1.54, 1.807) is 112 Å². The van der Waals surface area contributed by atoms with Gasteiger partial charge in [-0.3, -0.25) is 19.2 Å². The second-order valence-electron chi connectivity index (χ2n) is 19.6. The molecule has 2 fully saturated rings. The van der Waals surface area contributed by atoms with Gasteiger partial charge in [0.05, 0.1) is 54.0 Å². The summed E-state index contributed by atoms with van der Waals surface area (Å²) in [4.78, 5) is 76.2. The number of fused-ring (bicyclic) bond motifs is 3. The summed E-state index contributed by atoms with van der Waals surface area (Å²) < 4.78 is 55.0. The number of hydrogen-bond acceptors (Lipinski definition) is 9. The number of halogens is 8. The van der Waals surface area contributed by atoms with E-state index >= 15 is 0 Å². The molecule has 0 saturated heterocycles. The van der Waals surface area contributed by atoms with Gasteiger partial charge >= 0.3 is 11.9 Å². The van der Waals surface area contributed by atoms with Crippen LogP contribution in [-0.2, 0) is 27.5 Å². The number of amides is 4. The summed E-state index contributed by atoms with van der Waals surface area (Å²) in [6, 6.07) is 15.5. The van der Waals surface area contributed by atoms with Crippen LogP contribution in [0.5, 0.6) is 0 Å². The van der Waals surface area contributed by atoms with Crippen LogP contribution in [0, 0.1) is 0 Å². The molecule has 432 valence electrons. The Bertz CT molecular complexity index is 3130. The van der Waals surface area contributed by atoms with Gasteiger partial charge < -0.3 is 60.3 Å². The quantitative estimate of drug-likeness (QED) is 0.0476.